The van der Waals surface area contributed by atoms with Gasteiger partial charge in [-0.3, -0.25) is 4.79 Å². The quantitative estimate of drug-likeness (QED) is 0.519. The van der Waals surface area contributed by atoms with Crippen molar-refractivity contribution in [1.29, 1.82) is 0 Å². The molecule has 6 heteroatoms. The van der Waals surface area contributed by atoms with Gasteiger partial charge in [0.15, 0.2) is 0 Å². The molecule has 6 nitrogen and oxygen atoms in total. The minimum atomic E-state index is -0.205. The maximum atomic E-state index is 11.8. The molecule has 0 saturated heterocycles. The van der Waals surface area contributed by atoms with Gasteiger partial charge in [0.05, 0.1) is 40.3 Å². The largest absolute Gasteiger partial charge is 0.397 e. The van der Waals surface area contributed by atoms with Gasteiger partial charge in [-0.05, 0) is 18.2 Å². The Balaban J connectivity index is 2.07. The summed E-state index contributed by atoms with van der Waals surface area (Å²) in [7, 11) is 0. The highest BCUT2D eigenvalue weighted by Gasteiger charge is 2.10. The molecule has 0 aliphatic heterocycles. The smallest absolute Gasteiger partial charge is 0.258 e. The molecule has 0 atom stereocenters. The summed E-state index contributed by atoms with van der Waals surface area (Å²) < 4.78 is 1.76. The van der Waals surface area contributed by atoms with Gasteiger partial charge in [0.1, 0.15) is 0 Å². The fraction of sp³-hybridized carbons (Fsp3) is 0. The van der Waals surface area contributed by atoms with E-state index < -0.39 is 0 Å². The number of hydrogen-bond acceptors (Lipinski definition) is 4. The minimum absolute atomic E-state index is 0.205. The minimum Gasteiger partial charge on any atom is -0.397 e. The first-order valence-electron chi connectivity index (χ1n) is 6.44. The maximum Gasteiger partial charge on any atom is 0.258 e. The normalized spacial score (nSPS) is 11.2. The van der Waals surface area contributed by atoms with E-state index in [4.69, 9.17) is 5.73 Å². The number of nitrogen functional groups attached to an aromatic ring is 1. The van der Waals surface area contributed by atoms with Crippen LogP contribution < -0.4 is 11.3 Å². The lowest BCUT2D eigenvalue weighted by Gasteiger charge is -2.08. The van der Waals surface area contributed by atoms with Crippen molar-refractivity contribution in [3.8, 4) is 5.69 Å². The second kappa shape index (κ2) is 4.17. The van der Waals surface area contributed by atoms with Gasteiger partial charge in [0.2, 0.25) is 0 Å². The molecule has 0 saturated carbocycles. The Morgan fingerprint density at radius 3 is 2.95 bits per heavy atom. The molecule has 4 aromatic rings. The zero-order valence-corrected chi connectivity index (χ0v) is 10.9. The number of benzene rings is 2. The Labute approximate surface area is 118 Å². The summed E-state index contributed by atoms with van der Waals surface area (Å²) in [4.78, 5) is 18.5. The van der Waals surface area contributed by atoms with E-state index in [1.54, 1.807) is 23.0 Å². The van der Waals surface area contributed by atoms with Crippen molar-refractivity contribution in [3.63, 3.8) is 0 Å². The van der Waals surface area contributed by atoms with Crippen molar-refractivity contribution < 1.29 is 0 Å². The molecule has 102 valence electrons. The highest BCUT2D eigenvalue weighted by molar-refractivity contribution is 5.88. The monoisotopic (exact) mass is 277 g/mol. The summed E-state index contributed by atoms with van der Waals surface area (Å²) in [5.74, 6) is 0. The fourth-order valence-corrected chi connectivity index (χ4v) is 2.47. The second-order valence-electron chi connectivity index (χ2n) is 4.78. The second-order valence-corrected chi connectivity index (χ2v) is 4.78. The van der Waals surface area contributed by atoms with Crippen molar-refractivity contribution in [2.45, 2.75) is 0 Å². The van der Waals surface area contributed by atoms with Crippen LogP contribution in [-0.2, 0) is 0 Å². The third-order valence-corrected chi connectivity index (χ3v) is 3.49. The third-order valence-electron chi connectivity index (χ3n) is 3.49. The molecule has 0 aliphatic rings. The number of aromatic amines is 1. The van der Waals surface area contributed by atoms with Crippen LogP contribution in [0.25, 0.3) is 27.5 Å². The lowest BCUT2D eigenvalue weighted by molar-refractivity contribution is 0.914. The molecule has 21 heavy (non-hydrogen) atoms. The van der Waals surface area contributed by atoms with Gasteiger partial charge >= 0.3 is 0 Å². The molecule has 3 N–H and O–H groups in total. The van der Waals surface area contributed by atoms with Gasteiger partial charge < -0.3 is 10.7 Å². The van der Waals surface area contributed by atoms with E-state index in [0.717, 1.165) is 10.9 Å². The summed E-state index contributed by atoms with van der Waals surface area (Å²) in [6.45, 7) is 0. The Hall–Kier alpha value is -3.15. The van der Waals surface area contributed by atoms with E-state index in [-0.39, 0.29) is 5.56 Å². The van der Waals surface area contributed by atoms with E-state index in [9.17, 15) is 4.79 Å². The number of nitrogens with one attached hydrogen (secondary N) is 1. The summed E-state index contributed by atoms with van der Waals surface area (Å²) in [5.41, 5.74) is 8.62. The van der Waals surface area contributed by atoms with Crippen molar-refractivity contribution >= 4 is 27.5 Å². The molecule has 0 fully saturated rings. The molecular weight excluding hydrogens is 266 g/mol. The number of rotatable bonds is 1. The van der Waals surface area contributed by atoms with Gasteiger partial charge in [-0.25, -0.2) is 9.67 Å². The van der Waals surface area contributed by atoms with Crippen LogP contribution in [0.4, 0.5) is 5.69 Å². The fourth-order valence-electron chi connectivity index (χ4n) is 2.47. The molecule has 0 aliphatic carbocycles. The molecule has 0 amide bonds. The van der Waals surface area contributed by atoms with Crippen molar-refractivity contribution in [2.24, 2.45) is 0 Å². The Morgan fingerprint density at radius 1 is 1.19 bits per heavy atom. The predicted octanol–water partition coefficient (Wildman–Crippen LogP) is 1.84. The van der Waals surface area contributed by atoms with E-state index in [0.29, 0.717) is 22.3 Å². The number of nitrogens with two attached hydrogens (primary N) is 1. The molecule has 2 aromatic carbocycles. The van der Waals surface area contributed by atoms with Crippen LogP contribution in [-0.4, -0.2) is 19.7 Å². The number of H-pyrrole nitrogens is 1. The number of fused-ring (bicyclic) bond motifs is 2. The summed E-state index contributed by atoms with van der Waals surface area (Å²) in [6, 6.07) is 11.3. The summed E-state index contributed by atoms with van der Waals surface area (Å²) in [6.07, 6.45) is 3.16. The number of hydrogen-bond donors (Lipinski definition) is 2. The average Bonchev–Trinajstić information content (AvgIpc) is 2.92. The SMILES string of the molecule is Nc1cc2c(=O)[nH]cnc2cc1-n1ncc2ccccc21. The third kappa shape index (κ3) is 1.69. The molecule has 2 heterocycles. The topological polar surface area (TPSA) is 89.6 Å². The van der Waals surface area contributed by atoms with Crippen LogP contribution in [0.1, 0.15) is 0 Å². The molecular formula is C15H11N5O. The van der Waals surface area contributed by atoms with Crippen LogP contribution in [0, 0.1) is 0 Å². The molecule has 4 rings (SSSR count). The van der Waals surface area contributed by atoms with Gasteiger partial charge in [-0.2, -0.15) is 5.10 Å². The number of aromatic nitrogens is 4. The van der Waals surface area contributed by atoms with Crippen LogP contribution in [0.2, 0.25) is 0 Å². The standard InChI is InChI=1S/C15H11N5O/c16-11-5-10-12(17-8-18-15(10)21)6-14(11)20-13-4-2-1-3-9(13)7-19-20/h1-8H,16H2,(H,17,18,21). The zero-order valence-electron chi connectivity index (χ0n) is 10.9. The van der Waals surface area contributed by atoms with Crippen LogP contribution in [0.15, 0.2) is 53.7 Å². The van der Waals surface area contributed by atoms with Crippen molar-refractivity contribution in [2.75, 3.05) is 5.73 Å². The van der Waals surface area contributed by atoms with Crippen molar-refractivity contribution in [3.05, 3.63) is 59.3 Å². The molecule has 2 aromatic heterocycles. The van der Waals surface area contributed by atoms with E-state index in [1.165, 1.54) is 6.33 Å². The van der Waals surface area contributed by atoms with E-state index in [2.05, 4.69) is 15.1 Å². The van der Waals surface area contributed by atoms with Crippen LogP contribution in [0.3, 0.4) is 0 Å². The van der Waals surface area contributed by atoms with Crippen LogP contribution in [0.5, 0.6) is 0 Å². The van der Waals surface area contributed by atoms with E-state index >= 15 is 0 Å². The van der Waals surface area contributed by atoms with E-state index in [1.807, 2.05) is 24.3 Å². The van der Waals surface area contributed by atoms with Gasteiger partial charge in [0, 0.05) is 5.39 Å². The molecule has 0 spiro atoms. The van der Waals surface area contributed by atoms with Gasteiger partial charge in [-0.1, -0.05) is 18.2 Å². The number of para-hydroxylation sites is 1. The van der Waals surface area contributed by atoms with Crippen molar-refractivity contribution in [1.82, 2.24) is 19.7 Å². The Morgan fingerprint density at radius 2 is 2.05 bits per heavy atom. The first kappa shape index (κ1) is 11.7. The average molecular weight is 277 g/mol. The Kier molecular flexibility index (Phi) is 2.32. The highest BCUT2D eigenvalue weighted by Crippen LogP contribution is 2.25. The van der Waals surface area contributed by atoms with Gasteiger partial charge in [-0.15, -0.1) is 0 Å². The Bertz CT molecular complexity index is 1030. The highest BCUT2D eigenvalue weighted by atomic mass is 16.1. The first-order valence-corrected chi connectivity index (χ1v) is 6.44. The zero-order chi connectivity index (χ0) is 14.4. The summed E-state index contributed by atoms with van der Waals surface area (Å²) >= 11 is 0. The number of anilines is 1. The maximum absolute atomic E-state index is 11.8. The van der Waals surface area contributed by atoms with Gasteiger partial charge in [0.25, 0.3) is 5.56 Å². The first-order chi connectivity index (χ1) is 10.2. The predicted molar refractivity (Wildman–Crippen MR) is 81.4 cm³/mol. The lowest BCUT2D eigenvalue weighted by Crippen LogP contribution is -2.09. The lowest BCUT2D eigenvalue weighted by atomic mass is 10.2. The molecule has 0 bridgehead atoms. The molecule has 0 unspecified atom stereocenters. The summed E-state index contributed by atoms with van der Waals surface area (Å²) in [5, 5.41) is 5.87. The van der Waals surface area contributed by atoms with Crippen LogP contribution >= 0.6 is 0 Å². The number of nitrogens with zero attached hydrogens (tertiary/aromatic N) is 3. The molecule has 0 radical (unpaired) electrons.